The molecule has 130 valence electrons. The number of hydrogen-bond donors (Lipinski definition) is 2. The van der Waals surface area contributed by atoms with E-state index >= 15 is 0 Å². The predicted molar refractivity (Wildman–Crippen MR) is 99.3 cm³/mol. The summed E-state index contributed by atoms with van der Waals surface area (Å²) in [5.74, 6) is -1.02. The smallest absolute Gasteiger partial charge is 0.264 e. The molecule has 2 aromatic carbocycles. The highest BCUT2D eigenvalue weighted by Crippen LogP contribution is 2.15. The van der Waals surface area contributed by atoms with E-state index in [0.717, 1.165) is 17.0 Å². The summed E-state index contributed by atoms with van der Waals surface area (Å²) >= 11 is 3.33. The van der Waals surface area contributed by atoms with Crippen molar-refractivity contribution >= 4 is 49.5 Å². The van der Waals surface area contributed by atoms with Crippen LogP contribution in [0.2, 0.25) is 0 Å². The fraction of sp³-hybridized carbons (Fsp3) is 0.0588. The molecule has 0 bridgehead atoms. The van der Waals surface area contributed by atoms with Crippen LogP contribution in [0.5, 0.6) is 0 Å². The molecule has 2 aromatic rings. The van der Waals surface area contributed by atoms with Crippen LogP contribution in [0, 0.1) is 0 Å². The summed E-state index contributed by atoms with van der Waals surface area (Å²) in [6.07, 6.45) is 3.04. The fourth-order valence-electron chi connectivity index (χ4n) is 1.90. The Labute approximate surface area is 154 Å². The van der Waals surface area contributed by atoms with Crippen LogP contribution in [-0.4, -0.2) is 20.2 Å². The lowest BCUT2D eigenvalue weighted by molar-refractivity contribution is -0.117. The second-order valence-corrected chi connectivity index (χ2v) is 7.66. The Morgan fingerprint density at radius 3 is 2.16 bits per heavy atom. The van der Waals surface area contributed by atoms with Crippen molar-refractivity contribution in [3.8, 4) is 0 Å². The number of carbonyl (C=O) groups excluding carboxylic acids is 2. The number of nitrogens with one attached hydrogen (secondary N) is 2. The highest BCUT2D eigenvalue weighted by atomic mass is 79.9. The van der Waals surface area contributed by atoms with Crippen molar-refractivity contribution in [3.05, 3.63) is 64.6 Å². The number of halogens is 1. The topological polar surface area (TPSA) is 92.3 Å². The molecule has 2 amide bonds. The van der Waals surface area contributed by atoms with E-state index in [9.17, 15) is 18.0 Å². The highest BCUT2D eigenvalue weighted by Gasteiger charge is 2.15. The zero-order chi connectivity index (χ0) is 18.4. The minimum atomic E-state index is -3.88. The van der Waals surface area contributed by atoms with Gasteiger partial charge in [0.2, 0.25) is 11.8 Å². The first-order valence-electron chi connectivity index (χ1n) is 7.14. The van der Waals surface area contributed by atoms with Gasteiger partial charge in [0.25, 0.3) is 10.0 Å². The average Bonchev–Trinajstić information content (AvgIpc) is 2.54. The fourth-order valence-corrected chi connectivity index (χ4v) is 3.15. The van der Waals surface area contributed by atoms with Crippen molar-refractivity contribution in [1.29, 1.82) is 0 Å². The van der Waals surface area contributed by atoms with E-state index in [1.165, 1.54) is 30.3 Å². The van der Waals surface area contributed by atoms with E-state index in [-0.39, 0.29) is 10.8 Å². The molecule has 0 aliphatic heterocycles. The molecule has 0 aromatic heterocycles. The van der Waals surface area contributed by atoms with Gasteiger partial charge in [0.15, 0.2) is 0 Å². The van der Waals surface area contributed by atoms with Crippen LogP contribution >= 0.6 is 15.9 Å². The van der Waals surface area contributed by atoms with Gasteiger partial charge in [0.1, 0.15) is 0 Å². The van der Waals surface area contributed by atoms with Crippen molar-refractivity contribution in [1.82, 2.24) is 4.72 Å². The number of benzene rings is 2. The summed E-state index contributed by atoms with van der Waals surface area (Å²) in [4.78, 5) is 22.7. The summed E-state index contributed by atoms with van der Waals surface area (Å²) < 4.78 is 26.5. The van der Waals surface area contributed by atoms with E-state index in [4.69, 9.17) is 0 Å². The molecule has 0 saturated carbocycles. The number of amides is 2. The quantitative estimate of drug-likeness (QED) is 0.724. The minimum absolute atomic E-state index is 0.0638. The molecule has 0 unspecified atom stereocenters. The van der Waals surface area contributed by atoms with Crippen LogP contribution in [0.3, 0.4) is 0 Å². The SMILES string of the molecule is CC(=O)NS(=O)(=O)c1ccc(NC(=O)/C=C/c2ccc(Br)cc2)cc1. The third-order valence-electron chi connectivity index (χ3n) is 3.01. The van der Waals surface area contributed by atoms with E-state index in [1.807, 2.05) is 29.0 Å². The summed E-state index contributed by atoms with van der Waals surface area (Å²) in [6.45, 7) is 1.11. The van der Waals surface area contributed by atoms with Crippen LogP contribution in [-0.2, 0) is 19.6 Å². The number of anilines is 1. The largest absolute Gasteiger partial charge is 0.323 e. The van der Waals surface area contributed by atoms with Crippen molar-refractivity contribution in [3.63, 3.8) is 0 Å². The van der Waals surface area contributed by atoms with E-state index < -0.39 is 15.9 Å². The van der Waals surface area contributed by atoms with Gasteiger partial charge in [0.05, 0.1) is 4.90 Å². The van der Waals surface area contributed by atoms with Crippen molar-refractivity contribution in [2.45, 2.75) is 11.8 Å². The number of hydrogen-bond acceptors (Lipinski definition) is 4. The van der Waals surface area contributed by atoms with Crippen LogP contribution < -0.4 is 10.0 Å². The number of sulfonamides is 1. The molecule has 2 N–H and O–H groups in total. The second-order valence-electron chi connectivity index (χ2n) is 5.06. The van der Waals surface area contributed by atoms with E-state index in [2.05, 4.69) is 21.2 Å². The Hall–Kier alpha value is -2.45. The molecule has 8 heteroatoms. The molecule has 0 atom stereocenters. The molecule has 0 saturated heterocycles. The molecule has 0 aliphatic carbocycles. The maximum absolute atomic E-state index is 11.9. The van der Waals surface area contributed by atoms with Gasteiger partial charge >= 0.3 is 0 Å². The van der Waals surface area contributed by atoms with Gasteiger partial charge in [-0.05, 0) is 48.0 Å². The van der Waals surface area contributed by atoms with E-state index in [1.54, 1.807) is 6.08 Å². The van der Waals surface area contributed by atoms with Gasteiger partial charge < -0.3 is 5.32 Å². The summed E-state index contributed by atoms with van der Waals surface area (Å²) in [6, 6.07) is 12.9. The molecule has 6 nitrogen and oxygen atoms in total. The molecule has 0 fully saturated rings. The molecule has 0 radical (unpaired) electrons. The number of rotatable bonds is 5. The molecule has 0 spiro atoms. The standard InChI is InChI=1S/C17H15BrN2O4S/c1-12(21)20-25(23,24)16-9-7-15(8-10-16)19-17(22)11-4-13-2-5-14(18)6-3-13/h2-11H,1H3,(H,19,22)(H,20,21)/b11-4+. The molecular formula is C17H15BrN2O4S. The normalized spacial score (nSPS) is 11.3. The van der Waals surface area contributed by atoms with Crippen molar-refractivity contribution in [2.75, 3.05) is 5.32 Å². The molecular weight excluding hydrogens is 408 g/mol. The van der Waals surface area contributed by atoms with Crippen molar-refractivity contribution in [2.24, 2.45) is 0 Å². The first kappa shape index (κ1) is 18.9. The van der Waals surface area contributed by atoms with Gasteiger partial charge in [-0.2, -0.15) is 0 Å². The monoisotopic (exact) mass is 422 g/mol. The predicted octanol–water partition coefficient (Wildman–Crippen LogP) is 2.93. The Morgan fingerprint density at radius 1 is 1.00 bits per heavy atom. The summed E-state index contributed by atoms with van der Waals surface area (Å²) in [7, 11) is -3.88. The third-order valence-corrected chi connectivity index (χ3v) is 4.99. The van der Waals surface area contributed by atoms with Crippen LogP contribution in [0.15, 0.2) is 64.0 Å². The molecule has 25 heavy (non-hydrogen) atoms. The number of carbonyl (C=O) groups is 2. The third kappa shape index (κ3) is 5.84. The second kappa shape index (κ2) is 8.09. The first-order chi connectivity index (χ1) is 11.8. The maximum atomic E-state index is 11.9. The lowest BCUT2D eigenvalue weighted by Crippen LogP contribution is -2.28. The maximum Gasteiger partial charge on any atom is 0.264 e. The first-order valence-corrected chi connectivity index (χ1v) is 9.42. The van der Waals surface area contributed by atoms with Gasteiger partial charge in [-0.1, -0.05) is 28.1 Å². The lowest BCUT2D eigenvalue weighted by atomic mass is 10.2. The Morgan fingerprint density at radius 2 is 1.60 bits per heavy atom. The summed E-state index contributed by atoms with van der Waals surface area (Å²) in [5, 5.41) is 2.63. The molecule has 0 heterocycles. The molecule has 2 rings (SSSR count). The highest BCUT2D eigenvalue weighted by molar-refractivity contribution is 9.10. The van der Waals surface area contributed by atoms with Crippen molar-refractivity contribution < 1.29 is 18.0 Å². The van der Waals surface area contributed by atoms with Gasteiger partial charge in [-0.3, -0.25) is 9.59 Å². The lowest BCUT2D eigenvalue weighted by Gasteiger charge is -2.06. The van der Waals surface area contributed by atoms with Crippen LogP contribution in [0.25, 0.3) is 6.08 Å². The zero-order valence-corrected chi connectivity index (χ0v) is 15.6. The Balaban J connectivity index is 2.02. The van der Waals surface area contributed by atoms with E-state index in [0.29, 0.717) is 5.69 Å². The minimum Gasteiger partial charge on any atom is -0.323 e. The average molecular weight is 423 g/mol. The zero-order valence-electron chi connectivity index (χ0n) is 13.2. The summed E-state index contributed by atoms with van der Waals surface area (Å²) in [5.41, 5.74) is 1.31. The molecule has 0 aliphatic rings. The van der Waals surface area contributed by atoms with Gasteiger partial charge in [0, 0.05) is 23.2 Å². The van der Waals surface area contributed by atoms with Crippen LogP contribution in [0.4, 0.5) is 5.69 Å². The Bertz CT molecular complexity index is 905. The van der Waals surface area contributed by atoms with Gasteiger partial charge in [-0.25, -0.2) is 13.1 Å². The Kier molecular flexibility index (Phi) is 6.11. The van der Waals surface area contributed by atoms with Gasteiger partial charge in [-0.15, -0.1) is 0 Å². The van der Waals surface area contributed by atoms with Crippen LogP contribution in [0.1, 0.15) is 12.5 Å².